The number of rotatable bonds is 4. The third-order valence-electron chi connectivity index (χ3n) is 3.49. The van der Waals surface area contributed by atoms with Crippen LogP contribution in [-0.4, -0.2) is 24.1 Å². The zero-order chi connectivity index (χ0) is 12.1. The number of pyridine rings is 1. The standard InChI is InChI=1S/C14H23N3/c1-3-15-10-13-7-8-14(16-11-13)17-9-5-4-6-12(17)2/h7-8,11-12,15H,3-6,9-10H2,1-2H3. The molecule has 0 radical (unpaired) electrons. The van der Waals surface area contributed by atoms with E-state index in [1.54, 1.807) is 0 Å². The second kappa shape index (κ2) is 6.01. The maximum absolute atomic E-state index is 4.59. The fourth-order valence-electron chi connectivity index (χ4n) is 2.40. The third kappa shape index (κ3) is 3.19. The van der Waals surface area contributed by atoms with Crippen molar-refractivity contribution >= 4 is 5.82 Å². The van der Waals surface area contributed by atoms with Gasteiger partial charge in [-0.3, -0.25) is 0 Å². The predicted octanol–water partition coefficient (Wildman–Crippen LogP) is 2.57. The van der Waals surface area contributed by atoms with Crippen LogP contribution >= 0.6 is 0 Å². The quantitative estimate of drug-likeness (QED) is 0.866. The van der Waals surface area contributed by atoms with Gasteiger partial charge in [-0.15, -0.1) is 0 Å². The van der Waals surface area contributed by atoms with Crippen molar-refractivity contribution in [2.75, 3.05) is 18.0 Å². The summed E-state index contributed by atoms with van der Waals surface area (Å²) in [5, 5.41) is 3.32. The van der Waals surface area contributed by atoms with Crippen LogP contribution < -0.4 is 10.2 Å². The molecule has 1 atom stereocenters. The topological polar surface area (TPSA) is 28.2 Å². The largest absolute Gasteiger partial charge is 0.354 e. The summed E-state index contributed by atoms with van der Waals surface area (Å²) in [6.45, 7) is 7.50. The SMILES string of the molecule is CCNCc1ccc(N2CCCCC2C)nc1. The summed E-state index contributed by atoms with van der Waals surface area (Å²) >= 11 is 0. The van der Waals surface area contributed by atoms with Gasteiger partial charge in [0, 0.05) is 25.3 Å². The molecule has 17 heavy (non-hydrogen) atoms. The zero-order valence-corrected chi connectivity index (χ0v) is 10.9. The summed E-state index contributed by atoms with van der Waals surface area (Å²) in [6.07, 6.45) is 5.95. The zero-order valence-electron chi connectivity index (χ0n) is 10.9. The molecule has 1 aliphatic heterocycles. The molecule has 1 fully saturated rings. The van der Waals surface area contributed by atoms with Gasteiger partial charge in [0.25, 0.3) is 0 Å². The summed E-state index contributed by atoms with van der Waals surface area (Å²) in [5.41, 5.74) is 1.26. The summed E-state index contributed by atoms with van der Waals surface area (Å²) in [6, 6.07) is 4.98. The first-order valence-corrected chi connectivity index (χ1v) is 6.73. The second-order valence-electron chi connectivity index (χ2n) is 4.84. The van der Waals surface area contributed by atoms with Gasteiger partial charge in [0.05, 0.1) is 0 Å². The Morgan fingerprint density at radius 3 is 2.94 bits per heavy atom. The normalized spacial score (nSPS) is 20.6. The summed E-state index contributed by atoms with van der Waals surface area (Å²) < 4.78 is 0. The molecule has 1 unspecified atom stereocenters. The maximum atomic E-state index is 4.59. The van der Waals surface area contributed by atoms with Gasteiger partial charge in [-0.1, -0.05) is 13.0 Å². The molecule has 94 valence electrons. The van der Waals surface area contributed by atoms with Crippen molar-refractivity contribution in [3.05, 3.63) is 23.9 Å². The fraction of sp³-hybridized carbons (Fsp3) is 0.643. The first kappa shape index (κ1) is 12.4. The third-order valence-corrected chi connectivity index (χ3v) is 3.49. The molecule has 3 heteroatoms. The summed E-state index contributed by atoms with van der Waals surface area (Å²) in [5.74, 6) is 1.14. The minimum atomic E-state index is 0.635. The molecular weight excluding hydrogens is 210 g/mol. The first-order chi connectivity index (χ1) is 8.31. The van der Waals surface area contributed by atoms with Crippen LogP contribution in [0.15, 0.2) is 18.3 Å². The van der Waals surface area contributed by atoms with E-state index in [2.05, 4.69) is 41.2 Å². The van der Waals surface area contributed by atoms with Crippen molar-refractivity contribution in [1.82, 2.24) is 10.3 Å². The van der Waals surface area contributed by atoms with Gasteiger partial charge in [0.15, 0.2) is 0 Å². The van der Waals surface area contributed by atoms with E-state index in [4.69, 9.17) is 0 Å². The average Bonchev–Trinajstić information content (AvgIpc) is 2.38. The molecular formula is C14H23N3. The van der Waals surface area contributed by atoms with Crippen molar-refractivity contribution in [3.63, 3.8) is 0 Å². The van der Waals surface area contributed by atoms with Crippen molar-refractivity contribution in [1.29, 1.82) is 0 Å². The van der Waals surface area contributed by atoms with Crippen molar-refractivity contribution in [2.45, 2.75) is 45.7 Å². The van der Waals surface area contributed by atoms with Crippen molar-refractivity contribution in [3.8, 4) is 0 Å². The molecule has 1 aromatic rings. The molecule has 0 aromatic carbocycles. The van der Waals surface area contributed by atoms with Crippen LogP contribution in [0.5, 0.6) is 0 Å². The molecule has 2 rings (SSSR count). The number of hydrogen-bond donors (Lipinski definition) is 1. The van der Waals surface area contributed by atoms with Crippen LogP contribution in [0.1, 0.15) is 38.7 Å². The predicted molar refractivity (Wildman–Crippen MR) is 72.3 cm³/mol. The number of anilines is 1. The lowest BCUT2D eigenvalue weighted by Crippen LogP contribution is -2.37. The molecule has 0 saturated carbocycles. The van der Waals surface area contributed by atoms with Gasteiger partial charge in [-0.25, -0.2) is 4.98 Å². The van der Waals surface area contributed by atoms with E-state index in [9.17, 15) is 0 Å². The Bertz CT molecular complexity index is 334. The van der Waals surface area contributed by atoms with Crippen LogP contribution in [0.2, 0.25) is 0 Å². The smallest absolute Gasteiger partial charge is 0.128 e. The molecule has 3 nitrogen and oxygen atoms in total. The Balaban J connectivity index is 2.01. The van der Waals surface area contributed by atoms with Gasteiger partial charge in [0.1, 0.15) is 5.82 Å². The summed E-state index contributed by atoms with van der Waals surface area (Å²) in [7, 11) is 0. The highest BCUT2D eigenvalue weighted by molar-refractivity contribution is 5.40. The summed E-state index contributed by atoms with van der Waals surface area (Å²) in [4.78, 5) is 7.02. The average molecular weight is 233 g/mol. The van der Waals surface area contributed by atoms with E-state index in [1.807, 2.05) is 6.20 Å². The molecule has 0 amide bonds. The van der Waals surface area contributed by atoms with Crippen LogP contribution in [0.3, 0.4) is 0 Å². The van der Waals surface area contributed by atoms with E-state index in [0.29, 0.717) is 6.04 Å². The lowest BCUT2D eigenvalue weighted by Gasteiger charge is -2.34. The lowest BCUT2D eigenvalue weighted by molar-refractivity contribution is 0.481. The molecule has 0 spiro atoms. The fourth-order valence-corrected chi connectivity index (χ4v) is 2.40. The highest BCUT2D eigenvalue weighted by atomic mass is 15.2. The second-order valence-corrected chi connectivity index (χ2v) is 4.84. The number of nitrogens with one attached hydrogen (secondary N) is 1. The van der Waals surface area contributed by atoms with E-state index in [0.717, 1.165) is 25.5 Å². The Morgan fingerprint density at radius 2 is 2.29 bits per heavy atom. The maximum Gasteiger partial charge on any atom is 0.128 e. The number of hydrogen-bond acceptors (Lipinski definition) is 3. The van der Waals surface area contributed by atoms with Crippen LogP contribution in [0, 0.1) is 0 Å². The Kier molecular flexibility index (Phi) is 4.37. The number of aromatic nitrogens is 1. The Labute approximate surface area is 104 Å². The molecule has 1 N–H and O–H groups in total. The molecule has 1 aromatic heterocycles. The first-order valence-electron chi connectivity index (χ1n) is 6.73. The monoisotopic (exact) mass is 233 g/mol. The van der Waals surface area contributed by atoms with Crippen LogP contribution in [-0.2, 0) is 6.54 Å². The highest BCUT2D eigenvalue weighted by Crippen LogP contribution is 2.22. The van der Waals surface area contributed by atoms with E-state index >= 15 is 0 Å². The highest BCUT2D eigenvalue weighted by Gasteiger charge is 2.19. The van der Waals surface area contributed by atoms with Crippen molar-refractivity contribution in [2.24, 2.45) is 0 Å². The Morgan fingerprint density at radius 1 is 1.41 bits per heavy atom. The van der Waals surface area contributed by atoms with Gasteiger partial charge >= 0.3 is 0 Å². The minimum absolute atomic E-state index is 0.635. The molecule has 2 heterocycles. The number of piperidine rings is 1. The van der Waals surface area contributed by atoms with E-state index in [1.165, 1.54) is 24.8 Å². The lowest BCUT2D eigenvalue weighted by atomic mass is 10.0. The van der Waals surface area contributed by atoms with Crippen molar-refractivity contribution < 1.29 is 0 Å². The molecule has 1 aliphatic rings. The van der Waals surface area contributed by atoms with Gasteiger partial charge in [0.2, 0.25) is 0 Å². The van der Waals surface area contributed by atoms with Crippen LogP contribution in [0.4, 0.5) is 5.82 Å². The van der Waals surface area contributed by atoms with Gasteiger partial charge in [-0.2, -0.15) is 0 Å². The molecule has 0 bridgehead atoms. The molecule has 0 aliphatic carbocycles. The Hall–Kier alpha value is -1.09. The number of nitrogens with zero attached hydrogens (tertiary/aromatic N) is 2. The van der Waals surface area contributed by atoms with E-state index < -0.39 is 0 Å². The minimum Gasteiger partial charge on any atom is -0.354 e. The van der Waals surface area contributed by atoms with Gasteiger partial charge in [-0.05, 0) is 44.4 Å². The van der Waals surface area contributed by atoms with E-state index in [-0.39, 0.29) is 0 Å². The van der Waals surface area contributed by atoms with Gasteiger partial charge < -0.3 is 10.2 Å². The molecule has 1 saturated heterocycles. The van der Waals surface area contributed by atoms with Crippen LogP contribution in [0.25, 0.3) is 0 Å².